The molecule has 0 saturated carbocycles. The van der Waals surface area contributed by atoms with Crippen molar-refractivity contribution >= 4 is 5.91 Å². The summed E-state index contributed by atoms with van der Waals surface area (Å²) >= 11 is 0. The van der Waals surface area contributed by atoms with Crippen molar-refractivity contribution in [1.29, 1.82) is 0 Å². The molecule has 3 rings (SSSR count). The van der Waals surface area contributed by atoms with Gasteiger partial charge < -0.3 is 14.8 Å². The number of nitrogens with one attached hydrogen (secondary N) is 1. The van der Waals surface area contributed by atoms with E-state index in [1.165, 1.54) is 12.1 Å². The van der Waals surface area contributed by atoms with Crippen molar-refractivity contribution in [1.82, 2.24) is 15.1 Å². The largest absolute Gasteiger partial charge is 0.497 e. The van der Waals surface area contributed by atoms with Crippen LogP contribution in [0.25, 0.3) is 16.9 Å². The molecule has 0 radical (unpaired) electrons. The van der Waals surface area contributed by atoms with Crippen molar-refractivity contribution in [3.8, 4) is 22.7 Å². The SMILES string of the molecule is COCC(C)NC(=O)c1cn(-c2ccc(F)cc2)nc1-c1cccc(OC)c1. The average molecular weight is 383 g/mol. The van der Waals surface area contributed by atoms with E-state index in [9.17, 15) is 9.18 Å². The molecule has 2 aromatic carbocycles. The van der Waals surface area contributed by atoms with Crippen LogP contribution in [-0.2, 0) is 4.74 Å². The van der Waals surface area contributed by atoms with Gasteiger partial charge in [0, 0.05) is 24.9 Å². The molecule has 146 valence electrons. The fourth-order valence-corrected chi connectivity index (χ4v) is 2.84. The van der Waals surface area contributed by atoms with Crippen LogP contribution in [0, 0.1) is 5.82 Å². The van der Waals surface area contributed by atoms with Gasteiger partial charge in [0.1, 0.15) is 17.3 Å². The van der Waals surface area contributed by atoms with E-state index < -0.39 is 0 Å². The van der Waals surface area contributed by atoms with Crippen molar-refractivity contribution in [2.75, 3.05) is 20.8 Å². The normalized spacial score (nSPS) is 11.9. The van der Waals surface area contributed by atoms with E-state index in [0.717, 1.165) is 5.56 Å². The summed E-state index contributed by atoms with van der Waals surface area (Å²) < 4.78 is 25.2. The molecule has 7 heteroatoms. The van der Waals surface area contributed by atoms with Crippen LogP contribution in [0.2, 0.25) is 0 Å². The molecule has 1 heterocycles. The summed E-state index contributed by atoms with van der Waals surface area (Å²) in [5.41, 5.74) is 2.30. The summed E-state index contributed by atoms with van der Waals surface area (Å²) in [5, 5.41) is 7.48. The van der Waals surface area contributed by atoms with Gasteiger partial charge in [-0.15, -0.1) is 0 Å². The van der Waals surface area contributed by atoms with E-state index >= 15 is 0 Å². The van der Waals surface area contributed by atoms with Crippen molar-refractivity contribution in [2.45, 2.75) is 13.0 Å². The van der Waals surface area contributed by atoms with E-state index in [-0.39, 0.29) is 17.8 Å². The number of methoxy groups -OCH3 is 2. The highest BCUT2D eigenvalue weighted by molar-refractivity contribution is 6.00. The van der Waals surface area contributed by atoms with Crippen molar-refractivity contribution in [2.24, 2.45) is 0 Å². The maximum absolute atomic E-state index is 13.3. The minimum Gasteiger partial charge on any atom is -0.497 e. The highest BCUT2D eigenvalue weighted by atomic mass is 19.1. The molecular formula is C21H22FN3O3. The first kappa shape index (κ1) is 19.6. The van der Waals surface area contributed by atoms with Crippen molar-refractivity contribution in [3.05, 3.63) is 66.1 Å². The summed E-state index contributed by atoms with van der Waals surface area (Å²) in [6.45, 7) is 2.25. The Balaban J connectivity index is 2.04. The number of ether oxygens (including phenoxy) is 2. The third-order valence-corrected chi connectivity index (χ3v) is 4.19. The van der Waals surface area contributed by atoms with Crippen LogP contribution < -0.4 is 10.1 Å². The molecular weight excluding hydrogens is 361 g/mol. The molecule has 0 saturated heterocycles. The topological polar surface area (TPSA) is 65.4 Å². The maximum atomic E-state index is 13.3. The fourth-order valence-electron chi connectivity index (χ4n) is 2.84. The second-order valence-corrected chi connectivity index (χ2v) is 6.37. The molecule has 28 heavy (non-hydrogen) atoms. The van der Waals surface area contributed by atoms with E-state index in [4.69, 9.17) is 9.47 Å². The average Bonchev–Trinajstić information content (AvgIpc) is 3.14. The molecule has 6 nitrogen and oxygen atoms in total. The van der Waals surface area contributed by atoms with E-state index in [0.29, 0.717) is 29.3 Å². The van der Waals surface area contributed by atoms with Gasteiger partial charge >= 0.3 is 0 Å². The highest BCUT2D eigenvalue weighted by Gasteiger charge is 2.20. The Morgan fingerprint density at radius 2 is 1.96 bits per heavy atom. The van der Waals surface area contributed by atoms with Gasteiger partial charge in [0.15, 0.2) is 0 Å². The zero-order valence-electron chi connectivity index (χ0n) is 16.0. The first-order valence-corrected chi connectivity index (χ1v) is 8.81. The summed E-state index contributed by atoms with van der Waals surface area (Å²) in [4.78, 5) is 12.9. The first-order chi connectivity index (χ1) is 13.5. The number of benzene rings is 2. The number of amides is 1. The lowest BCUT2D eigenvalue weighted by molar-refractivity contribution is 0.0906. The Bertz CT molecular complexity index is 954. The molecule has 3 aromatic rings. The Labute approximate surface area is 162 Å². The minimum absolute atomic E-state index is 0.162. The predicted molar refractivity (Wildman–Crippen MR) is 104 cm³/mol. The summed E-state index contributed by atoms with van der Waals surface area (Å²) in [6.07, 6.45) is 1.64. The molecule has 0 bridgehead atoms. The van der Waals surface area contributed by atoms with Crippen LogP contribution in [-0.4, -0.2) is 42.6 Å². The highest BCUT2D eigenvalue weighted by Crippen LogP contribution is 2.27. The number of nitrogens with zero attached hydrogens (tertiary/aromatic N) is 2. The van der Waals surface area contributed by atoms with Gasteiger partial charge in [0.2, 0.25) is 0 Å². The monoisotopic (exact) mass is 383 g/mol. The number of hydrogen-bond donors (Lipinski definition) is 1. The van der Waals surface area contributed by atoms with Gasteiger partial charge in [-0.05, 0) is 43.3 Å². The molecule has 0 aliphatic rings. The molecule has 0 fully saturated rings. The van der Waals surface area contributed by atoms with Crippen LogP contribution >= 0.6 is 0 Å². The van der Waals surface area contributed by atoms with Crippen LogP contribution in [0.4, 0.5) is 4.39 Å². The summed E-state index contributed by atoms with van der Waals surface area (Å²) in [5.74, 6) is 0.0546. The third-order valence-electron chi connectivity index (χ3n) is 4.19. The summed E-state index contributed by atoms with van der Waals surface area (Å²) in [6, 6.07) is 13.1. The Morgan fingerprint density at radius 1 is 1.21 bits per heavy atom. The van der Waals surface area contributed by atoms with Gasteiger partial charge in [-0.1, -0.05) is 12.1 Å². The van der Waals surface area contributed by atoms with Gasteiger partial charge in [-0.2, -0.15) is 5.10 Å². The molecule has 1 N–H and O–H groups in total. The Hall–Kier alpha value is -3.19. The lowest BCUT2D eigenvalue weighted by Gasteiger charge is -2.12. The zero-order chi connectivity index (χ0) is 20.1. The first-order valence-electron chi connectivity index (χ1n) is 8.81. The molecule has 0 aliphatic heterocycles. The van der Waals surface area contributed by atoms with Gasteiger partial charge in [0.05, 0.1) is 25.0 Å². The lowest BCUT2D eigenvalue weighted by atomic mass is 10.1. The smallest absolute Gasteiger partial charge is 0.255 e. The molecule has 1 atom stereocenters. The molecule has 1 amide bonds. The molecule has 1 unspecified atom stereocenters. The number of rotatable bonds is 7. The maximum Gasteiger partial charge on any atom is 0.255 e. The van der Waals surface area contributed by atoms with Gasteiger partial charge in [-0.25, -0.2) is 9.07 Å². The fraction of sp³-hybridized carbons (Fsp3) is 0.238. The number of carbonyl (C=O) groups is 1. The third kappa shape index (κ3) is 4.37. The van der Waals surface area contributed by atoms with Crippen LogP contribution in [0.15, 0.2) is 54.7 Å². The molecule has 0 spiro atoms. The number of aromatic nitrogens is 2. The van der Waals surface area contributed by atoms with E-state index in [2.05, 4.69) is 10.4 Å². The van der Waals surface area contributed by atoms with Crippen LogP contribution in [0.3, 0.4) is 0 Å². The predicted octanol–water partition coefficient (Wildman–Crippen LogP) is 3.45. The summed E-state index contributed by atoms with van der Waals surface area (Å²) in [7, 11) is 3.16. The minimum atomic E-state index is -0.338. The number of halogens is 1. The van der Waals surface area contributed by atoms with Crippen molar-refractivity contribution < 1.29 is 18.7 Å². The van der Waals surface area contributed by atoms with Crippen molar-refractivity contribution in [3.63, 3.8) is 0 Å². The molecule has 1 aromatic heterocycles. The molecule has 0 aliphatic carbocycles. The van der Waals surface area contributed by atoms with Crippen LogP contribution in [0.1, 0.15) is 17.3 Å². The second kappa shape index (κ2) is 8.67. The number of hydrogen-bond acceptors (Lipinski definition) is 4. The van der Waals surface area contributed by atoms with Crippen LogP contribution in [0.5, 0.6) is 5.75 Å². The van der Waals surface area contributed by atoms with E-state index in [1.807, 2.05) is 31.2 Å². The second-order valence-electron chi connectivity index (χ2n) is 6.37. The van der Waals surface area contributed by atoms with Gasteiger partial charge in [-0.3, -0.25) is 4.79 Å². The quantitative estimate of drug-likeness (QED) is 0.679. The zero-order valence-corrected chi connectivity index (χ0v) is 16.0. The Kier molecular flexibility index (Phi) is 6.06. The van der Waals surface area contributed by atoms with Gasteiger partial charge in [0.25, 0.3) is 5.91 Å². The van der Waals surface area contributed by atoms with E-state index in [1.54, 1.807) is 37.2 Å². The Morgan fingerprint density at radius 3 is 2.64 bits per heavy atom. The number of carbonyl (C=O) groups excluding carboxylic acids is 1. The standard InChI is InChI=1S/C21H22FN3O3/c1-14(13-27-2)23-21(26)19-12-25(17-9-7-16(22)8-10-17)24-20(19)15-5-4-6-18(11-15)28-3/h4-12,14H,13H2,1-3H3,(H,23,26). The lowest BCUT2D eigenvalue weighted by Crippen LogP contribution is -2.35.